The fourth-order valence-corrected chi connectivity index (χ4v) is 4.64. The van der Waals surface area contributed by atoms with Gasteiger partial charge in [-0.1, -0.05) is 63.3 Å². The molecule has 0 unspecified atom stereocenters. The summed E-state index contributed by atoms with van der Waals surface area (Å²) in [6, 6.07) is 16.3. The zero-order valence-corrected chi connectivity index (χ0v) is 20.4. The number of fused-ring (bicyclic) bond motifs is 1. The molecular formula is C31H32F2O2. The molecule has 2 N–H and O–H groups in total. The van der Waals surface area contributed by atoms with Crippen LogP contribution in [0.25, 0.3) is 33.0 Å². The fraction of sp³-hybridized carbons (Fsp3) is 0.290. The highest BCUT2D eigenvalue weighted by Gasteiger charge is 2.15. The molecule has 4 rings (SSSR count). The molecule has 0 saturated carbocycles. The number of unbranched alkanes of at least 4 members (excludes halogenated alkanes) is 5. The molecule has 0 bridgehead atoms. The van der Waals surface area contributed by atoms with Crippen molar-refractivity contribution < 1.29 is 19.0 Å². The van der Waals surface area contributed by atoms with Gasteiger partial charge in [-0.05, 0) is 78.1 Å². The lowest BCUT2D eigenvalue weighted by atomic mass is 9.94. The monoisotopic (exact) mass is 474 g/mol. The van der Waals surface area contributed by atoms with Crippen LogP contribution in [0, 0.1) is 18.6 Å². The number of rotatable bonds is 9. The van der Waals surface area contributed by atoms with E-state index in [1.165, 1.54) is 43.9 Å². The SMILES string of the molecule is CCCCCCCCc1ccc(-c2cc3cc(O)c(-c4ccc(C)cc4F)cc3cc2O)c(F)c1. The largest absolute Gasteiger partial charge is 0.507 e. The minimum Gasteiger partial charge on any atom is -0.507 e. The summed E-state index contributed by atoms with van der Waals surface area (Å²) in [5.41, 5.74) is 3.02. The van der Waals surface area contributed by atoms with Crippen molar-refractivity contribution in [2.75, 3.05) is 0 Å². The van der Waals surface area contributed by atoms with Gasteiger partial charge in [-0.25, -0.2) is 8.78 Å². The van der Waals surface area contributed by atoms with Crippen LogP contribution in [0.15, 0.2) is 60.7 Å². The molecule has 0 spiro atoms. The molecule has 0 atom stereocenters. The molecule has 0 aromatic heterocycles. The van der Waals surface area contributed by atoms with Crippen LogP contribution < -0.4 is 0 Å². The van der Waals surface area contributed by atoms with Crippen molar-refractivity contribution in [3.05, 3.63) is 83.4 Å². The number of halogens is 2. The van der Waals surface area contributed by atoms with E-state index < -0.39 is 5.82 Å². The van der Waals surface area contributed by atoms with Gasteiger partial charge in [0.25, 0.3) is 0 Å². The number of hydrogen-bond donors (Lipinski definition) is 2. The predicted octanol–water partition coefficient (Wildman–Crippen LogP) is 9.07. The molecule has 0 fully saturated rings. The van der Waals surface area contributed by atoms with E-state index in [0.717, 1.165) is 30.4 Å². The number of phenolic OH excluding ortho intramolecular Hbond substituents is 2. The minimum absolute atomic E-state index is 0.0684. The second kappa shape index (κ2) is 10.9. The van der Waals surface area contributed by atoms with Gasteiger partial charge in [-0.2, -0.15) is 0 Å². The maximum Gasteiger partial charge on any atom is 0.131 e. The average molecular weight is 475 g/mol. The van der Waals surface area contributed by atoms with Crippen LogP contribution in [-0.4, -0.2) is 10.2 Å². The van der Waals surface area contributed by atoms with E-state index >= 15 is 4.39 Å². The van der Waals surface area contributed by atoms with E-state index in [4.69, 9.17) is 0 Å². The first kappa shape index (κ1) is 24.7. The fourth-order valence-electron chi connectivity index (χ4n) is 4.64. The smallest absolute Gasteiger partial charge is 0.131 e. The molecule has 4 heteroatoms. The van der Waals surface area contributed by atoms with Gasteiger partial charge in [-0.15, -0.1) is 0 Å². The van der Waals surface area contributed by atoms with E-state index in [2.05, 4.69) is 6.92 Å². The van der Waals surface area contributed by atoms with Gasteiger partial charge in [0.1, 0.15) is 23.1 Å². The van der Waals surface area contributed by atoms with Crippen LogP contribution in [0.1, 0.15) is 56.6 Å². The quantitative estimate of drug-likeness (QED) is 0.238. The predicted molar refractivity (Wildman–Crippen MR) is 140 cm³/mol. The highest BCUT2D eigenvalue weighted by atomic mass is 19.1. The molecule has 0 saturated heterocycles. The van der Waals surface area contributed by atoms with Crippen LogP contribution in [0.4, 0.5) is 8.78 Å². The van der Waals surface area contributed by atoms with Gasteiger partial charge in [0.15, 0.2) is 0 Å². The molecule has 2 nitrogen and oxygen atoms in total. The lowest BCUT2D eigenvalue weighted by molar-refractivity contribution is 0.475. The summed E-state index contributed by atoms with van der Waals surface area (Å²) in [6.45, 7) is 4.00. The Hall–Kier alpha value is -3.40. The van der Waals surface area contributed by atoms with Crippen molar-refractivity contribution in [2.24, 2.45) is 0 Å². The maximum absolute atomic E-state index is 15.0. The molecule has 4 aromatic carbocycles. The Morgan fingerprint density at radius 3 is 1.71 bits per heavy atom. The van der Waals surface area contributed by atoms with Gasteiger partial charge >= 0.3 is 0 Å². The molecule has 0 aliphatic carbocycles. The molecule has 0 heterocycles. The molecule has 182 valence electrons. The minimum atomic E-state index is -0.427. The third-order valence-corrected chi connectivity index (χ3v) is 6.63. The van der Waals surface area contributed by atoms with Crippen LogP contribution in [0.2, 0.25) is 0 Å². The summed E-state index contributed by atoms with van der Waals surface area (Å²) in [7, 11) is 0. The Balaban J connectivity index is 1.60. The standard InChI is InChI=1S/C31H32F2O2/c1-3-4-5-6-7-8-9-21-11-13-25(29(33)15-21)27-17-23-18-30(34)26(16-22(23)19-31(27)35)24-12-10-20(2)14-28(24)32/h10-19,34-35H,3-9H2,1-2H3. The molecule has 4 aromatic rings. The van der Waals surface area contributed by atoms with Gasteiger partial charge < -0.3 is 10.2 Å². The van der Waals surface area contributed by atoms with Crippen molar-refractivity contribution in [3.63, 3.8) is 0 Å². The first-order valence-corrected chi connectivity index (χ1v) is 12.4. The van der Waals surface area contributed by atoms with Crippen LogP contribution in [-0.2, 0) is 6.42 Å². The maximum atomic E-state index is 15.0. The van der Waals surface area contributed by atoms with Crippen molar-refractivity contribution >= 4 is 10.8 Å². The van der Waals surface area contributed by atoms with Crippen LogP contribution in [0.3, 0.4) is 0 Å². The molecular weight excluding hydrogens is 442 g/mol. The Morgan fingerprint density at radius 1 is 0.600 bits per heavy atom. The summed E-state index contributed by atoms with van der Waals surface area (Å²) < 4.78 is 29.5. The van der Waals surface area contributed by atoms with E-state index in [1.54, 1.807) is 43.3 Å². The number of benzene rings is 4. The second-order valence-electron chi connectivity index (χ2n) is 9.40. The number of aryl methyl sites for hydroxylation is 2. The van der Waals surface area contributed by atoms with Crippen LogP contribution >= 0.6 is 0 Å². The Labute approximate surface area is 205 Å². The number of aromatic hydroxyl groups is 2. The summed E-state index contributed by atoms with van der Waals surface area (Å²) in [5, 5.41) is 22.6. The Morgan fingerprint density at radius 2 is 1.14 bits per heavy atom. The lowest BCUT2D eigenvalue weighted by Crippen LogP contribution is -1.92. The molecule has 0 amide bonds. The highest BCUT2D eigenvalue weighted by Crippen LogP contribution is 2.40. The summed E-state index contributed by atoms with van der Waals surface area (Å²) >= 11 is 0. The second-order valence-corrected chi connectivity index (χ2v) is 9.40. The molecule has 0 radical (unpaired) electrons. The normalized spacial score (nSPS) is 11.3. The van der Waals surface area contributed by atoms with Gasteiger partial charge in [-0.3, -0.25) is 0 Å². The number of phenols is 2. The van der Waals surface area contributed by atoms with Gasteiger partial charge in [0.2, 0.25) is 0 Å². The van der Waals surface area contributed by atoms with Crippen molar-refractivity contribution in [2.45, 2.75) is 58.8 Å². The van der Waals surface area contributed by atoms with E-state index in [0.29, 0.717) is 27.5 Å². The number of hydrogen-bond acceptors (Lipinski definition) is 2. The van der Waals surface area contributed by atoms with Gasteiger partial charge in [0.05, 0.1) is 0 Å². The van der Waals surface area contributed by atoms with Crippen molar-refractivity contribution in [1.82, 2.24) is 0 Å². The Kier molecular flexibility index (Phi) is 7.70. The van der Waals surface area contributed by atoms with E-state index in [9.17, 15) is 14.6 Å². The van der Waals surface area contributed by atoms with Gasteiger partial charge in [0, 0.05) is 22.3 Å². The van der Waals surface area contributed by atoms with Crippen molar-refractivity contribution in [1.29, 1.82) is 0 Å². The third-order valence-electron chi connectivity index (χ3n) is 6.63. The first-order chi connectivity index (χ1) is 16.9. The lowest BCUT2D eigenvalue weighted by Gasteiger charge is -2.13. The molecule has 0 aliphatic heterocycles. The van der Waals surface area contributed by atoms with E-state index in [-0.39, 0.29) is 22.9 Å². The topological polar surface area (TPSA) is 40.5 Å². The zero-order valence-electron chi connectivity index (χ0n) is 20.4. The van der Waals surface area contributed by atoms with Crippen molar-refractivity contribution in [3.8, 4) is 33.8 Å². The third kappa shape index (κ3) is 5.64. The summed E-state index contributed by atoms with van der Waals surface area (Å²) in [6.07, 6.45) is 7.96. The average Bonchev–Trinajstić information content (AvgIpc) is 2.81. The molecule has 35 heavy (non-hydrogen) atoms. The van der Waals surface area contributed by atoms with E-state index in [1.807, 2.05) is 6.07 Å². The van der Waals surface area contributed by atoms with Crippen LogP contribution in [0.5, 0.6) is 11.5 Å². The zero-order chi connectivity index (χ0) is 24.9. The summed E-state index contributed by atoms with van der Waals surface area (Å²) in [5.74, 6) is -0.956. The first-order valence-electron chi connectivity index (χ1n) is 12.4. The summed E-state index contributed by atoms with van der Waals surface area (Å²) in [4.78, 5) is 0. The Bertz CT molecular complexity index is 1340. The molecule has 0 aliphatic rings. The highest BCUT2D eigenvalue weighted by molar-refractivity contribution is 5.95.